The third-order valence-corrected chi connectivity index (χ3v) is 4.07. The van der Waals surface area contributed by atoms with Crippen LogP contribution in [0.3, 0.4) is 0 Å². The van der Waals surface area contributed by atoms with Crippen molar-refractivity contribution in [2.45, 2.75) is 12.6 Å². The summed E-state index contributed by atoms with van der Waals surface area (Å²) < 4.78 is 18.7. The molecule has 0 spiro atoms. The van der Waals surface area contributed by atoms with E-state index in [-0.39, 0.29) is 17.8 Å². The van der Waals surface area contributed by atoms with Gasteiger partial charge in [0.15, 0.2) is 0 Å². The third kappa shape index (κ3) is 4.63. The number of hydrogen-bond donors (Lipinski definition) is 1. The highest BCUT2D eigenvalue weighted by atomic mass is 19.1. The van der Waals surface area contributed by atoms with Crippen LogP contribution < -0.4 is 5.32 Å². The molecule has 2 aromatic rings. The molecule has 126 valence electrons. The Balaban J connectivity index is 1.48. The number of carbonyl (C=O) groups is 1. The minimum atomic E-state index is -0.220. The zero-order valence-electron chi connectivity index (χ0n) is 13.5. The van der Waals surface area contributed by atoms with Crippen molar-refractivity contribution in [1.82, 2.24) is 10.2 Å². The minimum Gasteiger partial charge on any atom is -0.374 e. The smallest absolute Gasteiger partial charge is 0.251 e. The van der Waals surface area contributed by atoms with Crippen molar-refractivity contribution in [3.05, 3.63) is 71.5 Å². The summed E-state index contributed by atoms with van der Waals surface area (Å²) in [5.74, 6) is -0.308. The molecule has 5 heteroatoms. The predicted molar refractivity (Wildman–Crippen MR) is 90.2 cm³/mol. The van der Waals surface area contributed by atoms with Gasteiger partial charge in [0.25, 0.3) is 5.91 Å². The fraction of sp³-hybridized carbons (Fsp3) is 0.316. The molecule has 3 rings (SSSR count). The Morgan fingerprint density at radius 3 is 2.67 bits per heavy atom. The SMILES string of the molecule is O=C(NCC1CN(Cc2ccc(F)cc2)CCO1)c1ccccc1. The Morgan fingerprint density at radius 1 is 1.17 bits per heavy atom. The number of nitrogens with one attached hydrogen (secondary N) is 1. The molecule has 4 nitrogen and oxygen atoms in total. The van der Waals surface area contributed by atoms with Crippen molar-refractivity contribution in [1.29, 1.82) is 0 Å². The molecule has 2 aromatic carbocycles. The maximum Gasteiger partial charge on any atom is 0.251 e. The zero-order chi connectivity index (χ0) is 16.8. The molecule has 0 aromatic heterocycles. The Morgan fingerprint density at radius 2 is 1.92 bits per heavy atom. The van der Waals surface area contributed by atoms with Gasteiger partial charge < -0.3 is 10.1 Å². The average molecular weight is 328 g/mol. The monoisotopic (exact) mass is 328 g/mol. The molecular weight excluding hydrogens is 307 g/mol. The van der Waals surface area contributed by atoms with E-state index >= 15 is 0 Å². The molecule has 0 radical (unpaired) electrons. The van der Waals surface area contributed by atoms with E-state index in [0.29, 0.717) is 18.7 Å². The van der Waals surface area contributed by atoms with Crippen molar-refractivity contribution in [3.8, 4) is 0 Å². The second-order valence-corrected chi connectivity index (χ2v) is 5.93. The number of rotatable bonds is 5. The van der Waals surface area contributed by atoms with E-state index in [1.165, 1.54) is 12.1 Å². The lowest BCUT2D eigenvalue weighted by atomic mass is 10.1. The van der Waals surface area contributed by atoms with Gasteiger partial charge in [0, 0.05) is 31.7 Å². The van der Waals surface area contributed by atoms with Gasteiger partial charge in [-0.1, -0.05) is 30.3 Å². The highest BCUT2D eigenvalue weighted by Gasteiger charge is 2.21. The minimum absolute atomic E-state index is 0.0353. The lowest BCUT2D eigenvalue weighted by Crippen LogP contribution is -2.47. The molecule has 0 aliphatic carbocycles. The van der Waals surface area contributed by atoms with Crippen LogP contribution in [0.2, 0.25) is 0 Å². The molecule has 1 heterocycles. The van der Waals surface area contributed by atoms with Crippen LogP contribution in [-0.4, -0.2) is 43.2 Å². The molecular formula is C19H21FN2O2. The van der Waals surface area contributed by atoms with Crippen LogP contribution in [0.1, 0.15) is 15.9 Å². The van der Waals surface area contributed by atoms with E-state index in [4.69, 9.17) is 4.74 Å². The van der Waals surface area contributed by atoms with Crippen molar-refractivity contribution >= 4 is 5.91 Å². The number of carbonyl (C=O) groups excluding carboxylic acids is 1. The second-order valence-electron chi connectivity index (χ2n) is 5.93. The topological polar surface area (TPSA) is 41.6 Å². The second kappa shape index (κ2) is 8.04. The highest BCUT2D eigenvalue weighted by molar-refractivity contribution is 5.94. The van der Waals surface area contributed by atoms with Gasteiger partial charge in [-0.3, -0.25) is 9.69 Å². The summed E-state index contributed by atoms with van der Waals surface area (Å²) in [6.07, 6.45) is -0.0353. The Kier molecular flexibility index (Phi) is 5.56. The Bertz CT molecular complexity index is 661. The summed E-state index contributed by atoms with van der Waals surface area (Å²) in [6.45, 7) is 3.44. The van der Waals surface area contributed by atoms with E-state index < -0.39 is 0 Å². The summed E-state index contributed by atoms with van der Waals surface area (Å²) in [5.41, 5.74) is 1.72. The molecule has 1 aliphatic heterocycles. The van der Waals surface area contributed by atoms with Gasteiger partial charge in [-0.25, -0.2) is 4.39 Å². The van der Waals surface area contributed by atoms with E-state index in [9.17, 15) is 9.18 Å². The van der Waals surface area contributed by atoms with E-state index in [2.05, 4.69) is 10.2 Å². The number of morpholine rings is 1. The summed E-state index contributed by atoms with van der Waals surface area (Å²) in [6, 6.07) is 15.7. The standard InChI is InChI=1S/C19H21FN2O2/c20-17-8-6-15(7-9-17)13-22-10-11-24-18(14-22)12-21-19(23)16-4-2-1-3-5-16/h1-9,18H,10-14H2,(H,21,23). The molecule has 1 N–H and O–H groups in total. The van der Waals surface area contributed by atoms with Gasteiger partial charge in [0.05, 0.1) is 12.7 Å². The van der Waals surface area contributed by atoms with E-state index in [1.807, 2.05) is 18.2 Å². The molecule has 0 saturated carbocycles. The van der Waals surface area contributed by atoms with Crippen molar-refractivity contribution in [2.75, 3.05) is 26.2 Å². The number of amides is 1. The molecule has 1 amide bonds. The quantitative estimate of drug-likeness (QED) is 0.917. The number of ether oxygens (including phenoxy) is 1. The lowest BCUT2D eigenvalue weighted by Gasteiger charge is -2.33. The molecule has 0 bridgehead atoms. The largest absolute Gasteiger partial charge is 0.374 e. The first-order chi connectivity index (χ1) is 11.7. The predicted octanol–water partition coefficient (Wildman–Crippen LogP) is 2.46. The van der Waals surface area contributed by atoms with Gasteiger partial charge in [-0.05, 0) is 29.8 Å². The summed E-state index contributed by atoms with van der Waals surface area (Å²) in [5, 5.41) is 2.92. The first kappa shape index (κ1) is 16.6. The third-order valence-electron chi connectivity index (χ3n) is 4.07. The maximum atomic E-state index is 13.0. The van der Waals surface area contributed by atoms with Gasteiger partial charge in [-0.2, -0.15) is 0 Å². The van der Waals surface area contributed by atoms with Crippen LogP contribution in [0.15, 0.2) is 54.6 Å². The first-order valence-electron chi connectivity index (χ1n) is 8.12. The molecule has 1 fully saturated rings. The van der Waals surface area contributed by atoms with Crippen LogP contribution in [0, 0.1) is 5.82 Å². The maximum absolute atomic E-state index is 13.0. The van der Waals surface area contributed by atoms with Crippen molar-refractivity contribution < 1.29 is 13.9 Å². The van der Waals surface area contributed by atoms with Crippen molar-refractivity contribution in [2.24, 2.45) is 0 Å². The van der Waals surface area contributed by atoms with Crippen molar-refractivity contribution in [3.63, 3.8) is 0 Å². The average Bonchev–Trinajstić information content (AvgIpc) is 2.63. The summed E-state index contributed by atoms with van der Waals surface area (Å²) in [4.78, 5) is 14.3. The Labute approximate surface area is 141 Å². The number of hydrogen-bond acceptors (Lipinski definition) is 3. The van der Waals surface area contributed by atoms with Crippen LogP contribution in [0.25, 0.3) is 0 Å². The van der Waals surface area contributed by atoms with Crippen LogP contribution in [0.4, 0.5) is 4.39 Å². The van der Waals surface area contributed by atoms with Crippen LogP contribution in [-0.2, 0) is 11.3 Å². The molecule has 1 aliphatic rings. The highest BCUT2D eigenvalue weighted by Crippen LogP contribution is 2.11. The molecule has 1 unspecified atom stereocenters. The fourth-order valence-electron chi connectivity index (χ4n) is 2.79. The van der Waals surface area contributed by atoms with Crippen LogP contribution in [0.5, 0.6) is 0 Å². The van der Waals surface area contributed by atoms with Gasteiger partial charge >= 0.3 is 0 Å². The van der Waals surface area contributed by atoms with E-state index in [0.717, 1.165) is 25.2 Å². The van der Waals surface area contributed by atoms with Gasteiger partial charge in [0.2, 0.25) is 0 Å². The normalized spacial score (nSPS) is 18.3. The summed E-state index contributed by atoms with van der Waals surface area (Å²) >= 11 is 0. The number of halogens is 1. The first-order valence-corrected chi connectivity index (χ1v) is 8.12. The fourth-order valence-corrected chi connectivity index (χ4v) is 2.79. The Hall–Kier alpha value is -2.24. The van der Waals surface area contributed by atoms with E-state index in [1.54, 1.807) is 24.3 Å². The molecule has 1 atom stereocenters. The number of benzene rings is 2. The molecule has 24 heavy (non-hydrogen) atoms. The number of nitrogens with zero attached hydrogens (tertiary/aromatic N) is 1. The van der Waals surface area contributed by atoms with Gasteiger partial charge in [0.1, 0.15) is 5.82 Å². The lowest BCUT2D eigenvalue weighted by molar-refractivity contribution is -0.0292. The summed E-state index contributed by atoms with van der Waals surface area (Å²) in [7, 11) is 0. The van der Waals surface area contributed by atoms with Crippen LogP contribution >= 0.6 is 0 Å². The molecule has 1 saturated heterocycles. The van der Waals surface area contributed by atoms with Gasteiger partial charge in [-0.15, -0.1) is 0 Å². The zero-order valence-corrected chi connectivity index (χ0v) is 13.5.